The van der Waals surface area contributed by atoms with Crippen LogP contribution in [0.15, 0.2) is 89.8 Å². The van der Waals surface area contributed by atoms with Gasteiger partial charge in [-0.05, 0) is 80.0 Å². The van der Waals surface area contributed by atoms with Crippen LogP contribution in [-0.2, 0) is 83.1 Å². The molecule has 89 heavy (non-hydrogen) atoms. The number of nitrogens with zero attached hydrogens (tertiary/aromatic N) is 6. The highest BCUT2D eigenvalue weighted by Gasteiger charge is 2.43. The Balaban J connectivity index is 1.45. The van der Waals surface area contributed by atoms with Gasteiger partial charge in [0.2, 0.25) is 59.1 Å². The molecule has 10 amide bonds. The van der Waals surface area contributed by atoms with Gasteiger partial charge < -0.3 is 60.6 Å². The fraction of sp³-hybridized carbons (Fsp3) is 0.508. The summed E-state index contributed by atoms with van der Waals surface area (Å²) in [7, 11) is 6.97. The number of hydrogen-bond donors (Lipinski definition) is 5. The van der Waals surface area contributed by atoms with Crippen molar-refractivity contribution in [1.29, 1.82) is 0 Å². The highest BCUT2D eigenvalue weighted by Crippen LogP contribution is 2.24. The molecular formula is C63H83ClFN11O12S. The number of methoxy groups -OCH3 is 2. The average Bonchev–Trinajstić information content (AvgIpc) is 2.05. The van der Waals surface area contributed by atoms with Crippen LogP contribution < -0.4 is 26.6 Å². The largest absolute Gasteiger partial charge is 0.385 e. The normalized spacial score (nSPS) is 24.4. The minimum absolute atomic E-state index is 0.00172. The second kappa shape index (κ2) is 33.6. The zero-order chi connectivity index (χ0) is 65.1. The van der Waals surface area contributed by atoms with Crippen molar-refractivity contribution in [3.63, 3.8) is 0 Å². The predicted octanol–water partition coefficient (Wildman–Crippen LogP) is 2.71. The van der Waals surface area contributed by atoms with E-state index >= 15 is 14.4 Å². The number of nitrogens with one attached hydrogen (secondary N) is 5. The lowest BCUT2D eigenvalue weighted by molar-refractivity contribution is -0.149. The van der Waals surface area contributed by atoms with Crippen molar-refractivity contribution < 1.29 is 61.8 Å². The van der Waals surface area contributed by atoms with Crippen molar-refractivity contribution >= 4 is 82.0 Å². The maximum absolute atomic E-state index is 15.4. The van der Waals surface area contributed by atoms with Gasteiger partial charge >= 0.3 is 0 Å². The number of aromatic nitrogens is 1. The van der Waals surface area contributed by atoms with Gasteiger partial charge in [0.25, 0.3) is 0 Å². The van der Waals surface area contributed by atoms with Crippen LogP contribution in [0.5, 0.6) is 0 Å². The number of benzene rings is 3. The summed E-state index contributed by atoms with van der Waals surface area (Å²) >= 11 is 7.55. The molecule has 0 radical (unpaired) electrons. The van der Waals surface area contributed by atoms with Crippen molar-refractivity contribution in [2.45, 2.75) is 133 Å². The Morgan fingerprint density at radius 1 is 0.629 bits per heavy atom. The van der Waals surface area contributed by atoms with Crippen LogP contribution >= 0.6 is 22.9 Å². The second-order valence-corrected chi connectivity index (χ2v) is 23.8. The number of fused-ring (bicyclic) bond motifs is 1. The number of thiazole rings is 1. The summed E-state index contributed by atoms with van der Waals surface area (Å²) in [5.74, 6) is -8.46. The molecule has 0 spiro atoms. The number of ether oxygens (including phenoxy) is 2. The van der Waals surface area contributed by atoms with E-state index in [1.165, 1.54) is 94.6 Å². The molecule has 23 nitrogen and oxygen atoms in total. The molecule has 10 atom stereocenters. The van der Waals surface area contributed by atoms with Crippen molar-refractivity contribution in [3.05, 3.63) is 123 Å². The van der Waals surface area contributed by atoms with Crippen molar-refractivity contribution in [3.8, 4) is 0 Å². The van der Waals surface area contributed by atoms with E-state index in [1.54, 1.807) is 79.3 Å². The molecule has 0 saturated carbocycles. The Bertz CT molecular complexity index is 3080. The topological polar surface area (TPSA) is 278 Å². The van der Waals surface area contributed by atoms with Crippen LogP contribution in [0.3, 0.4) is 0 Å². The van der Waals surface area contributed by atoms with E-state index in [9.17, 15) is 38.0 Å². The summed E-state index contributed by atoms with van der Waals surface area (Å²) in [6.07, 6.45) is 0.391. The van der Waals surface area contributed by atoms with E-state index in [2.05, 4.69) is 31.6 Å². The van der Waals surface area contributed by atoms with Crippen molar-refractivity contribution in [1.82, 2.24) is 56.1 Å². The first-order valence-electron chi connectivity index (χ1n) is 29.7. The van der Waals surface area contributed by atoms with Crippen LogP contribution in [0, 0.1) is 11.7 Å². The van der Waals surface area contributed by atoms with Crippen LogP contribution in [-0.4, -0.2) is 211 Å². The molecule has 0 unspecified atom stereocenters. The van der Waals surface area contributed by atoms with E-state index in [-0.39, 0.29) is 64.8 Å². The Labute approximate surface area is 528 Å². The monoisotopic (exact) mass is 1270 g/mol. The summed E-state index contributed by atoms with van der Waals surface area (Å²) in [6.45, 7) is 5.63. The summed E-state index contributed by atoms with van der Waals surface area (Å²) < 4.78 is 25.0. The number of carbonyl (C=O) groups is 10. The second-order valence-electron chi connectivity index (χ2n) is 22.6. The first-order chi connectivity index (χ1) is 42.5. The Morgan fingerprint density at radius 2 is 1.20 bits per heavy atom. The maximum Gasteiger partial charge on any atom is 0.246 e. The van der Waals surface area contributed by atoms with Gasteiger partial charge in [-0.15, -0.1) is 11.3 Å². The average molecular weight is 1270 g/mol. The Hall–Kier alpha value is -7.87. The van der Waals surface area contributed by atoms with Gasteiger partial charge in [0.05, 0.1) is 24.4 Å². The fourth-order valence-electron chi connectivity index (χ4n) is 10.6. The molecule has 0 aliphatic carbocycles. The summed E-state index contributed by atoms with van der Waals surface area (Å²) in [5.41, 5.74) is 3.65. The number of carbonyl (C=O) groups excluding carboxylic acids is 10. The molecule has 2 fully saturated rings. The lowest BCUT2D eigenvalue weighted by Gasteiger charge is -2.36. The number of halogens is 2. The van der Waals surface area contributed by atoms with Crippen molar-refractivity contribution in [2.75, 3.05) is 68.2 Å². The number of likely N-dealkylation sites (N-methyl/N-ethyl adjacent to an activating group) is 3. The predicted molar refractivity (Wildman–Crippen MR) is 331 cm³/mol. The third kappa shape index (κ3) is 19.3. The number of amides is 10. The molecule has 4 aromatic rings. The number of hydrogen-bond acceptors (Lipinski definition) is 14. The van der Waals surface area contributed by atoms with E-state index in [4.69, 9.17) is 21.1 Å². The van der Waals surface area contributed by atoms with Gasteiger partial charge in [0.15, 0.2) is 0 Å². The van der Waals surface area contributed by atoms with Gasteiger partial charge in [-0.25, -0.2) is 9.37 Å². The fourth-order valence-corrected chi connectivity index (χ4v) is 11.3. The van der Waals surface area contributed by atoms with Gasteiger partial charge in [-0.2, -0.15) is 0 Å². The molecule has 3 heterocycles. The van der Waals surface area contributed by atoms with E-state index < -0.39 is 132 Å². The zero-order valence-electron chi connectivity index (χ0n) is 51.9. The van der Waals surface area contributed by atoms with Gasteiger partial charge in [0.1, 0.15) is 60.2 Å². The molecule has 5 N–H and O–H groups in total. The summed E-state index contributed by atoms with van der Waals surface area (Å²) in [5, 5.41) is 16.1. The van der Waals surface area contributed by atoms with Crippen LogP contribution in [0.4, 0.5) is 4.39 Å². The molecule has 3 aromatic carbocycles. The van der Waals surface area contributed by atoms with Gasteiger partial charge in [0, 0.05) is 91.1 Å². The van der Waals surface area contributed by atoms with Crippen LogP contribution in [0.25, 0.3) is 0 Å². The summed E-state index contributed by atoms with van der Waals surface area (Å²) in [6, 6.07) is 9.03. The smallest absolute Gasteiger partial charge is 0.246 e. The van der Waals surface area contributed by atoms with E-state index in [0.29, 0.717) is 40.2 Å². The highest BCUT2D eigenvalue weighted by molar-refractivity contribution is 7.07. The molecule has 2 aliphatic heterocycles. The summed E-state index contributed by atoms with van der Waals surface area (Å²) in [4.78, 5) is 158. The third-order valence-electron chi connectivity index (χ3n) is 16.5. The highest BCUT2D eigenvalue weighted by atomic mass is 35.5. The first kappa shape index (κ1) is 70.2. The molecule has 26 heteroatoms. The zero-order valence-corrected chi connectivity index (χ0v) is 53.4. The molecule has 6 rings (SSSR count). The molecule has 0 bridgehead atoms. The quantitative estimate of drug-likeness (QED) is 0.108. The van der Waals surface area contributed by atoms with E-state index in [1.807, 2.05) is 0 Å². The van der Waals surface area contributed by atoms with Crippen LogP contribution in [0.2, 0.25) is 5.02 Å². The Kier molecular flexibility index (Phi) is 26.5. The standard InChI is InChI=1S/C63H83ClFN11O12S/c1-10-38(2)54-58(81)70-49(32-42-18-22-44(64)23-19-42)62(85)74(7)52(33-41-15-12-11-13-16-41)63(86)76-27-14-17-51(76)57(80)68-47(26-29-87-8)60(83)72(5)39(3)55(78)69-50(34-46-36-89-37-66-46)61(84)73(6)40(4)59(82)75(28-30-88-9)35-53(77)67-48(56(79)71-54)31-43-20-24-45(65)25-21-43/h11-13,15-16,18-25,36-40,47-52,54H,10,14,17,26-35H2,1-9H3,(H,67,77)(H,68,80)(H,69,78)(H,70,81)(H,71,79)/t38-,39-,40+,47-,48-,49-,50-,51+,52-,54-/m0/s1. The minimum atomic E-state index is -1.45. The lowest BCUT2D eigenvalue weighted by Crippen LogP contribution is -2.62. The van der Waals surface area contributed by atoms with E-state index in [0.717, 1.165) is 14.7 Å². The first-order valence-corrected chi connectivity index (χ1v) is 31.1. The minimum Gasteiger partial charge on any atom is -0.385 e. The van der Waals surface area contributed by atoms with Gasteiger partial charge in [-0.1, -0.05) is 86.5 Å². The third-order valence-corrected chi connectivity index (χ3v) is 17.4. The molecule has 2 aliphatic rings. The van der Waals surface area contributed by atoms with Crippen molar-refractivity contribution in [2.24, 2.45) is 5.92 Å². The SMILES string of the molecule is CC[C@H](C)[C@@H]1NC(=O)[C@H](Cc2ccc(F)cc2)NC(=O)CN(CCOC)C(=O)[C@@H](C)N(C)C(=O)[C@H](Cc2cscn2)NC(=O)[C@H](C)N(C)C(=O)[C@H](CCOC)NC(=O)[C@H]2CCCN2C(=O)[C@H](Cc2ccccc2)N(C)C(=O)[C@H](Cc2ccc(Cl)cc2)NC1=O. The Morgan fingerprint density at radius 3 is 1.83 bits per heavy atom. The molecule has 1 aromatic heterocycles. The lowest BCUT2D eigenvalue weighted by atomic mass is 9.95. The maximum atomic E-state index is 15.4. The molecular weight excluding hydrogens is 1190 g/mol. The number of rotatable bonds is 16. The molecule has 2 saturated heterocycles. The molecule has 482 valence electrons. The van der Waals surface area contributed by atoms with Gasteiger partial charge in [-0.3, -0.25) is 47.9 Å². The van der Waals surface area contributed by atoms with Crippen LogP contribution in [0.1, 0.15) is 75.8 Å².